The van der Waals surface area contributed by atoms with Crippen LogP contribution in [0.3, 0.4) is 0 Å². The van der Waals surface area contributed by atoms with Crippen molar-refractivity contribution in [3.05, 3.63) is 17.5 Å². The molecule has 27 heavy (non-hydrogen) atoms. The number of aliphatic hydroxyl groups is 2. The number of halogens is 1. The van der Waals surface area contributed by atoms with Crippen LogP contribution in [0.5, 0.6) is 0 Å². The Bertz CT molecular complexity index is 636. The van der Waals surface area contributed by atoms with Crippen LogP contribution in [0.15, 0.2) is 6.20 Å². The van der Waals surface area contributed by atoms with E-state index < -0.39 is 24.1 Å². The fourth-order valence-corrected chi connectivity index (χ4v) is 4.09. The number of hydrogen-bond donors (Lipinski definition) is 5. The van der Waals surface area contributed by atoms with Crippen LogP contribution in [0.1, 0.15) is 24.6 Å². The molecule has 0 saturated carbocycles. The number of H-pyrrole nitrogens is 1. The summed E-state index contributed by atoms with van der Waals surface area (Å²) < 4.78 is 0. The highest BCUT2D eigenvalue weighted by atomic mass is 35.5. The molecule has 0 spiro atoms. The molecule has 0 radical (unpaired) electrons. The number of nitrogens with zero attached hydrogens (tertiary/aromatic N) is 2. The van der Waals surface area contributed by atoms with E-state index in [9.17, 15) is 9.59 Å². The van der Waals surface area contributed by atoms with Gasteiger partial charge in [0, 0.05) is 24.2 Å². The minimum absolute atomic E-state index is 0.669. The van der Waals surface area contributed by atoms with Gasteiger partial charge >= 0.3 is 11.9 Å². The monoisotopic (exact) mass is 403 g/mol. The van der Waals surface area contributed by atoms with Gasteiger partial charge in [-0.05, 0) is 43.2 Å². The number of piperidine rings is 1. The molecule has 9 nitrogen and oxygen atoms in total. The number of rotatable bonds is 5. The Labute approximate surface area is 161 Å². The molecule has 0 aromatic carbocycles. The van der Waals surface area contributed by atoms with Crippen molar-refractivity contribution < 1.29 is 30.0 Å². The van der Waals surface area contributed by atoms with E-state index in [0.29, 0.717) is 12.0 Å². The second kappa shape index (κ2) is 9.50. The van der Waals surface area contributed by atoms with Crippen molar-refractivity contribution in [3.8, 4) is 0 Å². The van der Waals surface area contributed by atoms with Crippen LogP contribution in [-0.2, 0) is 22.4 Å². The third kappa shape index (κ3) is 5.19. The molecule has 152 valence electrons. The number of aliphatic carboxylic acids is 2. The Hall–Kier alpha value is -1.68. The fourth-order valence-electron chi connectivity index (χ4n) is 3.86. The molecule has 1 fully saturated rings. The molecule has 0 bridgehead atoms. The molecule has 2 heterocycles. The third-order valence-electron chi connectivity index (χ3n) is 5.27. The Kier molecular flexibility index (Phi) is 7.60. The van der Waals surface area contributed by atoms with Crippen LogP contribution in [0, 0.1) is 11.8 Å². The number of likely N-dealkylation sites (N-methyl/N-ethyl adjacent to an activating group) is 1. The summed E-state index contributed by atoms with van der Waals surface area (Å²) in [5.41, 5.74) is 2.78. The first-order chi connectivity index (χ1) is 12.8. The number of aromatic amines is 1. The van der Waals surface area contributed by atoms with Crippen molar-refractivity contribution in [2.24, 2.45) is 11.8 Å². The molecule has 5 N–H and O–H groups in total. The van der Waals surface area contributed by atoms with E-state index in [4.69, 9.17) is 32.0 Å². The van der Waals surface area contributed by atoms with Gasteiger partial charge in [-0.1, -0.05) is 6.92 Å². The van der Waals surface area contributed by atoms with Crippen LogP contribution in [-0.4, -0.2) is 84.7 Å². The lowest BCUT2D eigenvalue weighted by Gasteiger charge is -2.46. The molecular formula is C17H26ClN3O6. The van der Waals surface area contributed by atoms with E-state index in [1.807, 2.05) is 6.20 Å². The molecule has 1 aliphatic carbocycles. The minimum Gasteiger partial charge on any atom is -0.479 e. The summed E-state index contributed by atoms with van der Waals surface area (Å²) in [5.74, 6) is -1.30. The van der Waals surface area contributed by atoms with Crippen molar-refractivity contribution in [2.75, 3.05) is 19.0 Å². The maximum absolute atomic E-state index is 9.77. The van der Waals surface area contributed by atoms with Gasteiger partial charge < -0.3 is 20.4 Å². The van der Waals surface area contributed by atoms with Crippen LogP contribution in [0.4, 0.5) is 0 Å². The summed E-state index contributed by atoms with van der Waals surface area (Å²) >= 11 is 6.07. The molecular weight excluding hydrogens is 378 g/mol. The van der Waals surface area contributed by atoms with Crippen molar-refractivity contribution in [2.45, 2.75) is 44.4 Å². The zero-order valence-corrected chi connectivity index (χ0v) is 15.8. The van der Waals surface area contributed by atoms with Gasteiger partial charge in [0.25, 0.3) is 0 Å². The van der Waals surface area contributed by atoms with Gasteiger partial charge in [0.05, 0.1) is 6.20 Å². The average molecular weight is 404 g/mol. The lowest BCUT2D eigenvalue weighted by atomic mass is 9.75. The molecule has 5 unspecified atom stereocenters. The number of aromatic nitrogens is 2. The maximum Gasteiger partial charge on any atom is 0.335 e. The lowest BCUT2D eigenvalue weighted by molar-refractivity contribution is -0.165. The SMILES string of the molecule is CCN1CC(CCl)CC2Cc3[nH]ncc3CC21.O=C(O)C(O)C(O)C(=O)O. The summed E-state index contributed by atoms with van der Waals surface area (Å²) in [7, 11) is 0. The van der Waals surface area contributed by atoms with Gasteiger partial charge in [-0.15, -0.1) is 11.6 Å². The molecule has 0 amide bonds. The Morgan fingerprint density at radius 3 is 2.44 bits per heavy atom. The first-order valence-electron chi connectivity index (χ1n) is 8.91. The Balaban J connectivity index is 0.000000227. The zero-order valence-electron chi connectivity index (χ0n) is 15.1. The van der Waals surface area contributed by atoms with Gasteiger partial charge in [0.1, 0.15) is 0 Å². The highest BCUT2D eigenvalue weighted by Crippen LogP contribution is 2.36. The fraction of sp³-hybridized carbons (Fsp3) is 0.706. The predicted molar refractivity (Wildman–Crippen MR) is 96.6 cm³/mol. The summed E-state index contributed by atoms with van der Waals surface area (Å²) in [6, 6.07) is 0.713. The van der Waals surface area contributed by atoms with E-state index in [1.165, 1.54) is 30.6 Å². The van der Waals surface area contributed by atoms with Gasteiger partial charge in [-0.3, -0.25) is 10.00 Å². The number of nitrogens with one attached hydrogen (secondary N) is 1. The Morgan fingerprint density at radius 2 is 1.93 bits per heavy atom. The summed E-state index contributed by atoms with van der Waals surface area (Å²) in [5, 5.41) is 39.9. The van der Waals surface area contributed by atoms with E-state index >= 15 is 0 Å². The number of hydrogen-bond acceptors (Lipinski definition) is 6. The minimum atomic E-state index is -2.27. The summed E-state index contributed by atoms with van der Waals surface area (Å²) in [4.78, 5) is 22.2. The highest BCUT2D eigenvalue weighted by molar-refractivity contribution is 6.18. The molecule has 10 heteroatoms. The normalized spacial score (nSPS) is 26.7. The Morgan fingerprint density at radius 1 is 1.30 bits per heavy atom. The molecule has 2 aliphatic rings. The van der Waals surface area contributed by atoms with E-state index in [-0.39, 0.29) is 0 Å². The van der Waals surface area contributed by atoms with Crippen molar-refractivity contribution in [1.82, 2.24) is 15.1 Å². The number of alkyl halides is 1. The number of fused-ring (bicyclic) bond motifs is 2. The molecule has 1 saturated heterocycles. The second-order valence-corrected chi connectivity index (χ2v) is 7.33. The first kappa shape index (κ1) is 21.6. The molecule has 1 aliphatic heterocycles. The number of aliphatic hydroxyl groups excluding tert-OH is 2. The number of likely N-dealkylation sites (tertiary alicyclic amines) is 1. The number of carboxylic acid groups (broad SMARTS) is 2. The standard InChI is InChI=1S/C13H20ClN3.C4H6O6/c1-2-17-8-9(6-14)3-10-4-12-11(5-13(10)17)7-15-16-12;5-1(3(7)8)2(6)4(9)10/h7,9-10,13H,2-6,8H2,1H3,(H,15,16);1-2,5-6H,(H,7,8)(H,9,10). The zero-order chi connectivity index (χ0) is 20.1. The van der Waals surface area contributed by atoms with Crippen molar-refractivity contribution >= 4 is 23.5 Å². The van der Waals surface area contributed by atoms with E-state index in [0.717, 1.165) is 24.8 Å². The molecule has 1 aromatic rings. The maximum atomic E-state index is 9.77. The topological polar surface area (TPSA) is 147 Å². The lowest BCUT2D eigenvalue weighted by Crippen LogP contribution is -2.52. The first-order valence-corrected chi connectivity index (χ1v) is 9.44. The van der Waals surface area contributed by atoms with Crippen LogP contribution >= 0.6 is 11.6 Å². The van der Waals surface area contributed by atoms with E-state index in [2.05, 4.69) is 22.0 Å². The largest absolute Gasteiger partial charge is 0.479 e. The predicted octanol–water partition coefficient (Wildman–Crippen LogP) is -0.0489. The van der Waals surface area contributed by atoms with Gasteiger partial charge in [0.15, 0.2) is 12.2 Å². The quantitative estimate of drug-likeness (QED) is 0.430. The summed E-state index contributed by atoms with van der Waals surface area (Å²) in [6.07, 6.45) is 1.08. The average Bonchev–Trinajstić information content (AvgIpc) is 3.11. The van der Waals surface area contributed by atoms with Gasteiger partial charge in [-0.2, -0.15) is 5.10 Å². The summed E-state index contributed by atoms with van der Waals surface area (Å²) in [6.45, 7) is 4.58. The van der Waals surface area contributed by atoms with Crippen LogP contribution < -0.4 is 0 Å². The highest BCUT2D eigenvalue weighted by Gasteiger charge is 2.38. The van der Waals surface area contributed by atoms with Crippen molar-refractivity contribution in [3.63, 3.8) is 0 Å². The van der Waals surface area contributed by atoms with Crippen molar-refractivity contribution in [1.29, 1.82) is 0 Å². The van der Waals surface area contributed by atoms with Gasteiger partial charge in [-0.25, -0.2) is 9.59 Å². The smallest absolute Gasteiger partial charge is 0.335 e. The number of carbonyl (C=O) groups is 2. The van der Waals surface area contributed by atoms with Crippen LogP contribution in [0.25, 0.3) is 0 Å². The van der Waals surface area contributed by atoms with E-state index in [1.54, 1.807) is 0 Å². The van der Waals surface area contributed by atoms with Gasteiger partial charge in [0.2, 0.25) is 0 Å². The second-order valence-electron chi connectivity index (χ2n) is 7.02. The third-order valence-corrected chi connectivity index (χ3v) is 5.71. The molecule has 1 aromatic heterocycles. The number of carboxylic acids is 2. The molecule has 3 rings (SSSR count). The van der Waals surface area contributed by atoms with Crippen LogP contribution in [0.2, 0.25) is 0 Å². The molecule has 5 atom stereocenters.